The average molecular weight is 204 g/mol. The van der Waals surface area contributed by atoms with Crippen LogP contribution in [0.4, 0.5) is 0 Å². The Bertz CT molecular complexity index is 317. The summed E-state index contributed by atoms with van der Waals surface area (Å²) in [5, 5.41) is 0. The molecule has 0 bridgehead atoms. The van der Waals surface area contributed by atoms with Gasteiger partial charge in [0, 0.05) is 11.1 Å². The standard InChI is InChI=1S/C14H22N/c1-11(2)15(12(3)4)9-13-7-5-6-8-14(13)10-15/h5-8,11-12H,9-10H2,1-4H3/q+1. The van der Waals surface area contributed by atoms with E-state index >= 15 is 0 Å². The van der Waals surface area contributed by atoms with Gasteiger partial charge in [0.2, 0.25) is 0 Å². The van der Waals surface area contributed by atoms with Crippen molar-refractivity contribution >= 4 is 0 Å². The number of hydrogen-bond acceptors (Lipinski definition) is 0. The minimum Gasteiger partial charge on any atom is -0.312 e. The molecular formula is C14H22N+. The summed E-state index contributed by atoms with van der Waals surface area (Å²) in [6.07, 6.45) is 0. The van der Waals surface area contributed by atoms with Gasteiger partial charge in [-0.1, -0.05) is 24.3 Å². The fourth-order valence-corrected chi connectivity index (χ4v) is 2.88. The van der Waals surface area contributed by atoms with Crippen LogP contribution in [0.1, 0.15) is 38.8 Å². The summed E-state index contributed by atoms with van der Waals surface area (Å²) in [4.78, 5) is 0. The Hall–Kier alpha value is -0.820. The largest absolute Gasteiger partial charge is 0.312 e. The maximum atomic E-state index is 2.35. The lowest BCUT2D eigenvalue weighted by Gasteiger charge is -2.42. The van der Waals surface area contributed by atoms with Gasteiger partial charge >= 0.3 is 0 Å². The molecule has 1 aliphatic rings. The zero-order chi connectivity index (χ0) is 11.1. The third-order valence-corrected chi connectivity index (χ3v) is 4.10. The van der Waals surface area contributed by atoms with Crippen LogP contribution in [0.2, 0.25) is 0 Å². The second-order valence-electron chi connectivity index (χ2n) is 5.38. The highest BCUT2D eigenvalue weighted by Crippen LogP contribution is 2.35. The summed E-state index contributed by atoms with van der Waals surface area (Å²) >= 11 is 0. The van der Waals surface area contributed by atoms with Gasteiger partial charge in [-0.05, 0) is 27.7 Å². The van der Waals surface area contributed by atoms with Crippen molar-refractivity contribution in [1.82, 2.24) is 0 Å². The van der Waals surface area contributed by atoms with E-state index in [2.05, 4.69) is 52.0 Å². The first-order valence-electron chi connectivity index (χ1n) is 5.99. The van der Waals surface area contributed by atoms with Gasteiger partial charge in [0.05, 0.1) is 12.1 Å². The van der Waals surface area contributed by atoms with Crippen LogP contribution < -0.4 is 0 Å². The number of fused-ring (bicyclic) bond motifs is 1. The number of nitrogens with zero attached hydrogens (tertiary/aromatic N) is 1. The Morgan fingerprint density at radius 1 is 0.867 bits per heavy atom. The van der Waals surface area contributed by atoms with Crippen molar-refractivity contribution in [2.45, 2.75) is 52.9 Å². The van der Waals surface area contributed by atoms with Gasteiger partial charge in [0.1, 0.15) is 13.1 Å². The highest BCUT2D eigenvalue weighted by atomic mass is 15.4. The van der Waals surface area contributed by atoms with Crippen LogP contribution in [-0.2, 0) is 13.1 Å². The number of hydrogen-bond donors (Lipinski definition) is 0. The first-order valence-corrected chi connectivity index (χ1v) is 5.99. The molecule has 0 saturated carbocycles. The van der Waals surface area contributed by atoms with Crippen LogP contribution in [0.15, 0.2) is 24.3 Å². The van der Waals surface area contributed by atoms with Gasteiger partial charge in [0.15, 0.2) is 0 Å². The minimum absolute atomic E-state index is 0.706. The Labute approximate surface area is 93.3 Å². The zero-order valence-electron chi connectivity index (χ0n) is 10.3. The van der Waals surface area contributed by atoms with E-state index in [1.807, 2.05) is 0 Å². The molecule has 2 rings (SSSR count). The Morgan fingerprint density at radius 2 is 1.27 bits per heavy atom. The quantitative estimate of drug-likeness (QED) is 0.648. The molecule has 1 heterocycles. The molecule has 0 amide bonds. The van der Waals surface area contributed by atoms with E-state index in [0.717, 1.165) is 0 Å². The summed E-state index contributed by atoms with van der Waals surface area (Å²) in [5.41, 5.74) is 3.11. The monoisotopic (exact) mass is 204 g/mol. The fraction of sp³-hybridized carbons (Fsp3) is 0.571. The van der Waals surface area contributed by atoms with Crippen LogP contribution in [0.3, 0.4) is 0 Å². The number of rotatable bonds is 2. The Balaban J connectivity index is 2.36. The number of benzene rings is 1. The molecule has 0 spiro atoms. The van der Waals surface area contributed by atoms with E-state index in [1.54, 1.807) is 11.1 Å². The van der Waals surface area contributed by atoms with E-state index in [9.17, 15) is 0 Å². The molecule has 1 nitrogen and oxygen atoms in total. The lowest BCUT2D eigenvalue weighted by molar-refractivity contribution is -0.985. The fourth-order valence-electron chi connectivity index (χ4n) is 2.88. The molecule has 15 heavy (non-hydrogen) atoms. The number of quaternary nitrogens is 1. The smallest absolute Gasteiger partial charge is 0.105 e. The van der Waals surface area contributed by atoms with Crippen molar-refractivity contribution in [3.8, 4) is 0 Å². The van der Waals surface area contributed by atoms with E-state index in [4.69, 9.17) is 0 Å². The van der Waals surface area contributed by atoms with E-state index in [0.29, 0.717) is 12.1 Å². The molecule has 1 aliphatic heterocycles. The van der Waals surface area contributed by atoms with Crippen LogP contribution in [0.25, 0.3) is 0 Å². The van der Waals surface area contributed by atoms with Gasteiger partial charge in [-0.15, -0.1) is 0 Å². The summed E-state index contributed by atoms with van der Waals surface area (Å²) in [7, 11) is 0. The predicted molar refractivity (Wildman–Crippen MR) is 64.4 cm³/mol. The molecule has 1 aromatic carbocycles. The van der Waals surface area contributed by atoms with Gasteiger partial charge in [-0.3, -0.25) is 0 Å². The maximum absolute atomic E-state index is 2.35. The van der Waals surface area contributed by atoms with Gasteiger partial charge < -0.3 is 4.48 Å². The molecular weight excluding hydrogens is 182 g/mol. The summed E-state index contributed by atoms with van der Waals surface area (Å²) in [6, 6.07) is 10.3. The topological polar surface area (TPSA) is 0 Å². The molecule has 1 heteroatoms. The minimum atomic E-state index is 0.706. The second kappa shape index (κ2) is 3.64. The Morgan fingerprint density at radius 3 is 1.60 bits per heavy atom. The van der Waals surface area contributed by atoms with Crippen molar-refractivity contribution in [3.05, 3.63) is 35.4 Å². The van der Waals surface area contributed by atoms with Crippen LogP contribution >= 0.6 is 0 Å². The molecule has 0 saturated heterocycles. The van der Waals surface area contributed by atoms with Crippen LogP contribution in [0, 0.1) is 0 Å². The van der Waals surface area contributed by atoms with Crippen molar-refractivity contribution in [2.75, 3.05) is 0 Å². The lowest BCUT2D eigenvalue weighted by Crippen LogP contribution is -2.53. The molecule has 0 N–H and O–H groups in total. The van der Waals surface area contributed by atoms with Crippen LogP contribution in [0.5, 0.6) is 0 Å². The highest BCUT2D eigenvalue weighted by molar-refractivity contribution is 5.28. The summed E-state index contributed by atoms with van der Waals surface area (Å²) in [5.74, 6) is 0. The summed E-state index contributed by atoms with van der Waals surface area (Å²) in [6.45, 7) is 11.8. The first-order chi connectivity index (χ1) is 7.06. The molecule has 0 unspecified atom stereocenters. The van der Waals surface area contributed by atoms with Crippen molar-refractivity contribution < 1.29 is 4.48 Å². The van der Waals surface area contributed by atoms with E-state index in [1.165, 1.54) is 17.6 Å². The Kier molecular flexibility index (Phi) is 2.59. The molecule has 0 fully saturated rings. The molecule has 0 radical (unpaired) electrons. The molecule has 0 aromatic heterocycles. The van der Waals surface area contributed by atoms with Gasteiger partial charge in [-0.2, -0.15) is 0 Å². The highest BCUT2D eigenvalue weighted by Gasteiger charge is 2.40. The second-order valence-corrected chi connectivity index (χ2v) is 5.38. The van der Waals surface area contributed by atoms with Crippen molar-refractivity contribution in [1.29, 1.82) is 0 Å². The van der Waals surface area contributed by atoms with Gasteiger partial charge in [0.25, 0.3) is 0 Å². The van der Waals surface area contributed by atoms with Crippen LogP contribution in [-0.4, -0.2) is 16.6 Å². The summed E-state index contributed by atoms with van der Waals surface area (Å²) < 4.78 is 1.22. The zero-order valence-corrected chi connectivity index (χ0v) is 10.3. The third-order valence-electron chi connectivity index (χ3n) is 4.10. The average Bonchev–Trinajstić information content (AvgIpc) is 2.57. The van der Waals surface area contributed by atoms with E-state index < -0.39 is 0 Å². The maximum Gasteiger partial charge on any atom is 0.105 e. The lowest BCUT2D eigenvalue weighted by atomic mass is 10.1. The normalized spacial score (nSPS) is 18.5. The van der Waals surface area contributed by atoms with Gasteiger partial charge in [-0.25, -0.2) is 0 Å². The molecule has 0 aliphatic carbocycles. The SMILES string of the molecule is CC(C)[N+]1(C(C)C)Cc2ccccc2C1. The first kappa shape index (κ1) is 10.7. The molecule has 1 aromatic rings. The third kappa shape index (κ3) is 1.59. The molecule has 0 atom stereocenters. The van der Waals surface area contributed by atoms with E-state index in [-0.39, 0.29) is 0 Å². The van der Waals surface area contributed by atoms with Crippen molar-refractivity contribution in [3.63, 3.8) is 0 Å². The van der Waals surface area contributed by atoms with Crippen molar-refractivity contribution in [2.24, 2.45) is 0 Å². The predicted octanol–water partition coefficient (Wildman–Crippen LogP) is 3.33. The molecule has 82 valence electrons.